The van der Waals surface area contributed by atoms with E-state index in [0.717, 1.165) is 37.2 Å². The molecule has 4 nitrogen and oxygen atoms in total. The van der Waals surface area contributed by atoms with Crippen LogP contribution in [0, 0.1) is 11.7 Å². The summed E-state index contributed by atoms with van der Waals surface area (Å²) in [5.41, 5.74) is 2.10. The maximum Gasteiger partial charge on any atom is 0.335 e. The molecule has 0 spiro atoms. The second-order valence-corrected chi connectivity index (χ2v) is 6.86. The molecule has 0 radical (unpaired) electrons. The van der Waals surface area contributed by atoms with Crippen molar-refractivity contribution in [2.75, 3.05) is 20.2 Å². The number of nitrogens with zero attached hydrogens (tertiary/aromatic N) is 1. The van der Waals surface area contributed by atoms with Gasteiger partial charge in [-0.05, 0) is 42.2 Å². The molecule has 0 bridgehead atoms. The van der Waals surface area contributed by atoms with E-state index in [1.807, 2.05) is 24.3 Å². The number of halogens is 1. The average molecular weight is 357 g/mol. The number of ether oxygens (including phenoxy) is 1. The van der Waals surface area contributed by atoms with Crippen molar-refractivity contribution in [1.29, 1.82) is 0 Å². The lowest BCUT2D eigenvalue weighted by Gasteiger charge is -2.38. The summed E-state index contributed by atoms with van der Waals surface area (Å²) in [5.74, 6) is -0.852. The van der Waals surface area contributed by atoms with Gasteiger partial charge in [0.15, 0.2) is 0 Å². The Labute approximate surface area is 153 Å². The molecule has 3 rings (SSSR count). The Morgan fingerprint density at radius 2 is 1.96 bits per heavy atom. The minimum atomic E-state index is -0.914. The zero-order valence-corrected chi connectivity index (χ0v) is 14.9. The molecule has 1 aliphatic rings. The molecule has 0 aromatic heterocycles. The van der Waals surface area contributed by atoms with E-state index in [4.69, 9.17) is 9.84 Å². The van der Waals surface area contributed by atoms with Crippen LogP contribution in [-0.4, -0.2) is 42.3 Å². The van der Waals surface area contributed by atoms with Gasteiger partial charge in [-0.3, -0.25) is 4.90 Å². The van der Waals surface area contributed by atoms with Gasteiger partial charge in [0.05, 0.1) is 11.7 Å². The summed E-state index contributed by atoms with van der Waals surface area (Å²) in [7, 11) is 1.72. The van der Waals surface area contributed by atoms with Crippen LogP contribution < -0.4 is 0 Å². The van der Waals surface area contributed by atoms with Gasteiger partial charge in [-0.15, -0.1) is 0 Å². The molecule has 5 heteroatoms. The van der Waals surface area contributed by atoms with Gasteiger partial charge in [0, 0.05) is 32.7 Å². The molecule has 1 fully saturated rings. The number of rotatable bonds is 6. The molecule has 0 amide bonds. The third-order valence-corrected chi connectivity index (χ3v) is 5.10. The van der Waals surface area contributed by atoms with Gasteiger partial charge >= 0.3 is 5.97 Å². The minimum absolute atomic E-state index is 0.125. The minimum Gasteiger partial charge on any atom is -0.478 e. The van der Waals surface area contributed by atoms with Crippen molar-refractivity contribution in [3.05, 3.63) is 71.0 Å². The van der Waals surface area contributed by atoms with Crippen LogP contribution in [0.25, 0.3) is 0 Å². The summed E-state index contributed by atoms with van der Waals surface area (Å²) in [4.78, 5) is 13.3. The maximum atomic E-state index is 14.0. The Bertz CT molecular complexity index is 747. The van der Waals surface area contributed by atoms with E-state index in [1.165, 1.54) is 6.07 Å². The Hall–Kier alpha value is -2.24. The summed E-state index contributed by atoms with van der Waals surface area (Å²) in [6.07, 6.45) is 1.68. The van der Waals surface area contributed by atoms with Crippen LogP contribution in [-0.2, 0) is 17.7 Å². The topological polar surface area (TPSA) is 49.8 Å². The van der Waals surface area contributed by atoms with Gasteiger partial charge in [-0.25, -0.2) is 9.18 Å². The van der Waals surface area contributed by atoms with Crippen LogP contribution in [0.4, 0.5) is 4.39 Å². The van der Waals surface area contributed by atoms with Gasteiger partial charge in [-0.2, -0.15) is 0 Å². The first-order valence-corrected chi connectivity index (χ1v) is 8.87. The molecule has 0 aliphatic carbocycles. The molecule has 1 aliphatic heterocycles. The fourth-order valence-electron chi connectivity index (χ4n) is 3.69. The van der Waals surface area contributed by atoms with Crippen molar-refractivity contribution in [3.63, 3.8) is 0 Å². The number of carbonyl (C=O) groups is 1. The van der Waals surface area contributed by atoms with Crippen molar-refractivity contribution < 1.29 is 19.0 Å². The Morgan fingerprint density at radius 3 is 2.62 bits per heavy atom. The highest BCUT2D eigenvalue weighted by molar-refractivity contribution is 5.87. The SMILES string of the molecule is CO[C@H]1CCN(Cc2ccc(C(=O)O)cc2)C[C@H]1Cc1ccccc1F. The zero-order chi connectivity index (χ0) is 18.5. The molecule has 26 heavy (non-hydrogen) atoms. The summed E-state index contributed by atoms with van der Waals surface area (Å²) in [6, 6.07) is 13.9. The van der Waals surface area contributed by atoms with E-state index in [-0.39, 0.29) is 17.8 Å². The standard InChI is InChI=1S/C21H24FNO3/c1-26-20-10-11-23(13-15-6-8-16(9-7-15)21(24)25)14-18(20)12-17-4-2-3-5-19(17)22/h2-9,18,20H,10-14H2,1H3,(H,24,25)/t18-,20+/m1/s1. The highest BCUT2D eigenvalue weighted by Crippen LogP contribution is 2.26. The first kappa shape index (κ1) is 18.5. The van der Waals surface area contributed by atoms with Crippen molar-refractivity contribution in [2.24, 2.45) is 5.92 Å². The molecule has 1 N–H and O–H groups in total. The molecule has 0 saturated carbocycles. The van der Waals surface area contributed by atoms with Crippen molar-refractivity contribution in [1.82, 2.24) is 4.90 Å². The Balaban J connectivity index is 1.66. The molecule has 2 aromatic rings. The number of carboxylic acids is 1. The van der Waals surface area contributed by atoms with E-state index in [0.29, 0.717) is 12.0 Å². The number of aromatic carboxylic acids is 1. The zero-order valence-electron chi connectivity index (χ0n) is 14.9. The second-order valence-electron chi connectivity index (χ2n) is 6.86. The normalized spacial score (nSPS) is 20.8. The maximum absolute atomic E-state index is 14.0. The number of likely N-dealkylation sites (tertiary alicyclic amines) is 1. The first-order chi connectivity index (χ1) is 12.6. The molecule has 0 unspecified atom stereocenters. The van der Waals surface area contributed by atoms with Crippen LogP contribution in [0.3, 0.4) is 0 Å². The van der Waals surface area contributed by atoms with E-state index >= 15 is 0 Å². The van der Waals surface area contributed by atoms with Gasteiger partial charge in [0.2, 0.25) is 0 Å². The number of carboxylic acid groups (broad SMARTS) is 1. The van der Waals surface area contributed by atoms with E-state index in [9.17, 15) is 9.18 Å². The molecular formula is C21H24FNO3. The van der Waals surface area contributed by atoms with Crippen molar-refractivity contribution in [3.8, 4) is 0 Å². The fourth-order valence-corrected chi connectivity index (χ4v) is 3.69. The molecular weight excluding hydrogens is 333 g/mol. The number of piperidine rings is 1. The van der Waals surface area contributed by atoms with Gasteiger partial charge < -0.3 is 9.84 Å². The molecule has 138 valence electrons. The molecule has 1 heterocycles. The van der Waals surface area contributed by atoms with Gasteiger partial charge in [0.1, 0.15) is 5.82 Å². The van der Waals surface area contributed by atoms with E-state index in [1.54, 1.807) is 25.3 Å². The highest BCUT2D eigenvalue weighted by Gasteiger charge is 2.30. The summed E-state index contributed by atoms with van der Waals surface area (Å²) >= 11 is 0. The van der Waals surface area contributed by atoms with E-state index in [2.05, 4.69) is 4.90 Å². The van der Waals surface area contributed by atoms with Crippen LogP contribution >= 0.6 is 0 Å². The Kier molecular flexibility index (Phi) is 6.01. The molecule has 1 saturated heterocycles. The highest BCUT2D eigenvalue weighted by atomic mass is 19.1. The lowest BCUT2D eigenvalue weighted by Crippen LogP contribution is -2.44. The quantitative estimate of drug-likeness (QED) is 0.858. The van der Waals surface area contributed by atoms with Crippen LogP contribution in [0.15, 0.2) is 48.5 Å². The fraction of sp³-hybridized carbons (Fsp3) is 0.381. The van der Waals surface area contributed by atoms with Gasteiger partial charge in [-0.1, -0.05) is 30.3 Å². The number of hydrogen-bond donors (Lipinski definition) is 1. The number of benzene rings is 2. The summed E-state index contributed by atoms with van der Waals surface area (Å²) in [5, 5.41) is 9.00. The third kappa shape index (κ3) is 4.48. The second kappa shape index (κ2) is 8.43. The molecule has 2 atom stereocenters. The van der Waals surface area contributed by atoms with Crippen molar-refractivity contribution >= 4 is 5.97 Å². The van der Waals surface area contributed by atoms with E-state index < -0.39 is 5.97 Å². The summed E-state index contributed by atoms with van der Waals surface area (Å²) < 4.78 is 19.7. The first-order valence-electron chi connectivity index (χ1n) is 8.87. The predicted molar refractivity (Wildman–Crippen MR) is 97.7 cm³/mol. The average Bonchev–Trinajstić information content (AvgIpc) is 2.64. The third-order valence-electron chi connectivity index (χ3n) is 5.10. The molecule has 2 aromatic carbocycles. The monoisotopic (exact) mass is 357 g/mol. The number of methoxy groups -OCH3 is 1. The van der Waals surface area contributed by atoms with Crippen molar-refractivity contribution in [2.45, 2.75) is 25.5 Å². The lowest BCUT2D eigenvalue weighted by molar-refractivity contribution is -0.00873. The largest absolute Gasteiger partial charge is 0.478 e. The van der Waals surface area contributed by atoms with Crippen LogP contribution in [0.1, 0.15) is 27.9 Å². The smallest absolute Gasteiger partial charge is 0.335 e. The van der Waals surface area contributed by atoms with Crippen LogP contribution in [0.2, 0.25) is 0 Å². The Morgan fingerprint density at radius 1 is 1.23 bits per heavy atom. The van der Waals surface area contributed by atoms with Gasteiger partial charge in [0.25, 0.3) is 0 Å². The predicted octanol–water partition coefficient (Wildman–Crippen LogP) is 3.60. The summed E-state index contributed by atoms with van der Waals surface area (Å²) in [6.45, 7) is 2.49. The number of hydrogen-bond acceptors (Lipinski definition) is 3. The lowest BCUT2D eigenvalue weighted by atomic mass is 9.88. The van der Waals surface area contributed by atoms with Crippen LogP contribution in [0.5, 0.6) is 0 Å².